The summed E-state index contributed by atoms with van der Waals surface area (Å²) in [5, 5.41) is 19.4. The molecule has 0 amide bonds. The Balaban J connectivity index is 1.46. The number of hydrogen-bond donors (Lipinski definition) is 2. The summed E-state index contributed by atoms with van der Waals surface area (Å²) in [5.74, 6) is 0.0711. The zero-order valence-electron chi connectivity index (χ0n) is 21.9. The molecule has 0 aliphatic carbocycles. The molecule has 0 saturated heterocycles. The fourth-order valence-corrected chi connectivity index (χ4v) is 5.55. The van der Waals surface area contributed by atoms with Gasteiger partial charge in [0.1, 0.15) is 41.6 Å². The van der Waals surface area contributed by atoms with E-state index in [2.05, 4.69) is 10.8 Å². The topological polar surface area (TPSA) is 139 Å². The van der Waals surface area contributed by atoms with Crippen LogP contribution in [0.5, 0.6) is 11.5 Å². The van der Waals surface area contributed by atoms with Gasteiger partial charge in [0.2, 0.25) is 10.0 Å². The average molecular weight is 549 g/mol. The molecule has 1 aromatic heterocycles. The molecule has 0 fully saturated rings. The molecule has 0 bridgehead atoms. The van der Waals surface area contributed by atoms with Crippen LogP contribution in [0.4, 0.5) is 0 Å². The molecule has 2 N–H and O–H groups in total. The molecule has 9 nitrogen and oxygen atoms in total. The fraction of sp³-hybridized carbons (Fsp3) is 0.241. The third kappa shape index (κ3) is 5.74. The summed E-state index contributed by atoms with van der Waals surface area (Å²) < 4.78 is 44.9. The molecule has 3 aromatic carbocycles. The second-order valence-electron chi connectivity index (χ2n) is 9.30. The number of methoxy groups -OCH3 is 1. The SMILES string of the molecule is COc1c(C#N)ccc2oc(COc3ccc(-c4ccc(S(=O)(=O)N[C@H](C(=O)O)C(C)C)cc4)cc3)c(C)c12. The molecule has 4 rings (SSSR count). The van der Waals surface area contributed by atoms with Gasteiger partial charge in [-0.2, -0.15) is 9.98 Å². The maximum absolute atomic E-state index is 12.7. The number of hydrogen-bond acceptors (Lipinski definition) is 7. The van der Waals surface area contributed by atoms with Crippen LogP contribution in [0.1, 0.15) is 30.7 Å². The first-order valence-electron chi connectivity index (χ1n) is 12.1. The Labute approximate surface area is 226 Å². The van der Waals surface area contributed by atoms with Crippen molar-refractivity contribution in [2.24, 2.45) is 5.92 Å². The van der Waals surface area contributed by atoms with Crippen molar-refractivity contribution in [1.82, 2.24) is 4.72 Å². The second kappa shape index (κ2) is 11.2. The molecule has 202 valence electrons. The van der Waals surface area contributed by atoms with Crippen LogP contribution in [-0.4, -0.2) is 32.6 Å². The van der Waals surface area contributed by atoms with E-state index in [-0.39, 0.29) is 11.5 Å². The highest BCUT2D eigenvalue weighted by Gasteiger charge is 2.28. The van der Waals surface area contributed by atoms with E-state index in [1.807, 2.05) is 19.1 Å². The monoisotopic (exact) mass is 548 g/mol. The van der Waals surface area contributed by atoms with Gasteiger partial charge in [0, 0.05) is 5.56 Å². The van der Waals surface area contributed by atoms with Crippen LogP contribution in [0.25, 0.3) is 22.1 Å². The number of benzene rings is 3. The number of sulfonamides is 1. The number of carbonyl (C=O) groups is 1. The molecule has 0 unspecified atom stereocenters. The normalized spacial score (nSPS) is 12.3. The van der Waals surface area contributed by atoms with Crippen LogP contribution in [0, 0.1) is 24.2 Å². The zero-order chi connectivity index (χ0) is 28.3. The molecular weight excluding hydrogens is 520 g/mol. The summed E-state index contributed by atoms with van der Waals surface area (Å²) in [5.41, 5.74) is 3.51. The second-order valence-corrected chi connectivity index (χ2v) is 11.0. The smallest absolute Gasteiger partial charge is 0.322 e. The standard InChI is InChI=1S/C29H28N2O7S/c1-17(2)27(29(32)33)31-39(34,35)23-12-7-20(8-13-23)19-5-10-22(11-6-19)37-16-25-18(3)26-24(38-25)14-9-21(15-30)28(26)36-4/h5-14,17,27,31H,16H2,1-4H3,(H,32,33)/t27-/m0/s1. The number of ether oxygens (including phenoxy) is 2. The maximum atomic E-state index is 12.7. The van der Waals surface area contributed by atoms with Crippen molar-refractivity contribution in [1.29, 1.82) is 5.26 Å². The van der Waals surface area contributed by atoms with Crippen molar-refractivity contribution >= 4 is 27.0 Å². The molecular formula is C29H28N2O7S. The number of carboxylic acid groups (broad SMARTS) is 1. The van der Waals surface area contributed by atoms with E-state index in [1.165, 1.54) is 19.2 Å². The number of nitrogens with zero attached hydrogens (tertiary/aromatic N) is 1. The van der Waals surface area contributed by atoms with Crippen LogP contribution in [0.2, 0.25) is 0 Å². The zero-order valence-corrected chi connectivity index (χ0v) is 22.7. The van der Waals surface area contributed by atoms with E-state index in [4.69, 9.17) is 13.9 Å². The quantitative estimate of drug-likeness (QED) is 0.274. The van der Waals surface area contributed by atoms with Crippen LogP contribution >= 0.6 is 0 Å². The van der Waals surface area contributed by atoms with Crippen molar-refractivity contribution in [3.63, 3.8) is 0 Å². The van der Waals surface area contributed by atoms with Crippen molar-refractivity contribution < 1.29 is 32.2 Å². The van der Waals surface area contributed by atoms with Crippen molar-refractivity contribution in [3.8, 4) is 28.7 Å². The number of aryl methyl sites for hydroxylation is 1. The first kappa shape index (κ1) is 27.7. The first-order chi connectivity index (χ1) is 18.6. The number of rotatable bonds is 10. The summed E-state index contributed by atoms with van der Waals surface area (Å²) in [4.78, 5) is 11.4. The Morgan fingerprint density at radius 3 is 2.21 bits per heavy atom. The number of carboxylic acids is 1. The summed E-state index contributed by atoms with van der Waals surface area (Å²) >= 11 is 0. The summed E-state index contributed by atoms with van der Waals surface area (Å²) in [6.45, 7) is 5.34. The third-order valence-corrected chi connectivity index (χ3v) is 7.86. The van der Waals surface area contributed by atoms with Gasteiger partial charge in [0.05, 0.1) is 23.0 Å². The van der Waals surface area contributed by atoms with Crippen molar-refractivity contribution in [3.05, 3.63) is 77.6 Å². The lowest BCUT2D eigenvalue weighted by atomic mass is 10.1. The molecule has 1 heterocycles. The van der Waals surface area contributed by atoms with Gasteiger partial charge < -0.3 is 19.0 Å². The van der Waals surface area contributed by atoms with E-state index in [1.54, 1.807) is 50.2 Å². The molecule has 0 saturated carbocycles. The van der Waals surface area contributed by atoms with E-state index in [9.17, 15) is 23.6 Å². The Morgan fingerprint density at radius 2 is 1.67 bits per heavy atom. The predicted molar refractivity (Wildman–Crippen MR) is 145 cm³/mol. The van der Waals surface area contributed by atoms with Gasteiger partial charge in [-0.05, 0) is 60.4 Å². The third-order valence-electron chi connectivity index (χ3n) is 6.41. The highest BCUT2D eigenvalue weighted by atomic mass is 32.2. The minimum atomic E-state index is -3.99. The molecule has 1 atom stereocenters. The predicted octanol–water partition coefficient (Wildman–Crippen LogP) is 5.26. The van der Waals surface area contributed by atoms with Crippen LogP contribution in [-0.2, 0) is 21.4 Å². The lowest BCUT2D eigenvalue weighted by Gasteiger charge is -2.18. The van der Waals surface area contributed by atoms with Crippen LogP contribution in [0.3, 0.4) is 0 Å². The fourth-order valence-electron chi connectivity index (χ4n) is 4.22. The highest BCUT2D eigenvalue weighted by molar-refractivity contribution is 7.89. The average Bonchev–Trinajstić information content (AvgIpc) is 3.25. The van der Waals surface area contributed by atoms with Gasteiger partial charge in [0.25, 0.3) is 0 Å². The lowest BCUT2D eigenvalue weighted by Crippen LogP contribution is -2.44. The van der Waals surface area contributed by atoms with E-state index in [0.29, 0.717) is 28.4 Å². The molecule has 0 spiro atoms. The van der Waals surface area contributed by atoms with E-state index >= 15 is 0 Å². The molecule has 0 aliphatic heterocycles. The van der Waals surface area contributed by atoms with Crippen molar-refractivity contribution in [2.75, 3.05) is 7.11 Å². The Hall–Kier alpha value is -4.33. The number of fused-ring (bicyclic) bond motifs is 1. The minimum absolute atomic E-state index is 0.0159. The summed E-state index contributed by atoms with van der Waals surface area (Å²) in [6.07, 6.45) is 0. The van der Waals surface area contributed by atoms with Gasteiger partial charge in [-0.3, -0.25) is 4.79 Å². The minimum Gasteiger partial charge on any atom is -0.495 e. The Kier molecular flexibility index (Phi) is 7.95. The summed E-state index contributed by atoms with van der Waals surface area (Å²) in [7, 11) is -2.48. The molecule has 10 heteroatoms. The molecule has 4 aromatic rings. The van der Waals surface area contributed by atoms with Crippen LogP contribution in [0.15, 0.2) is 70.0 Å². The lowest BCUT2D eigenvalue weighted by molar-refractivity contribution is -0.140. The van der Waals surface area contributed by atoms with Gasteiger partial charge in [0.15, 0.2) is 0 Å². The van der Waals surface area contributed by atoms with Crippen molar-refractivity contribution in [2.45, 2.75) is 38.3 Å². The maximum Gasteiger partial charge on any atom is 0.322 e. The number of nitrogens with one attached hydrogen (secondary N) is 1. The number of furan rings is 1. The highest BCUT2D eigenvalue weighted by Crippen LogP contribution is 2.36. The van der Waals surface area contributed by atoms with Gasteiger partial charge in [-0.25, -0.2) is 8.42 Å². The molecule has 0 aliphatic rings. The van der Waals surface area contributed by atoms with Gasteiger partial charge in [-0.1, -0.05) is 38.1 Å². The Morgan fingerprint density at radius 1 is 1.05 bits per heavy atom. The van der Waals surface area contributed by atoms with Gasteiger partial charge in [-0.15, -0.1) is 0 Å². The summed E-state index contributed by atoms with van der Waals surface area (Å²) in [6, 6.07) is 17.8. The van der Waals surface area contributed by atoms with E-state index < -0.39 is 28.0 Å². The number of nitriles is 1. The van der Waals surface area contributed by atoms with Gasteiger partial charge >= 0.3 is 5.97 Å². The Bertz CT molecular complexity index is 1650. The first-order valence-corrected chi connectivity index (χ1v) is 13.6. The molecule has 0 radical (unpaired) electrons. The van der Waals surface area contributed by atoms with E-state index in [0.717, 1.165) is 22.1 Å². The number of aliphatic carboxylic acids is 1. The molecule has 39 heavy (non-hydrogen) atoms. The largest absolute Gasteiger partial charge is 0.495 e. The van der Waals surface area contributed by atoms with Crippen LogP contribution < -0.4 is 14.2 Å².